The fraction of sp³-hybridized carbons (Fsp3) is 0.400. The molecule has 0 aliphatic heterocycles. The first-order valence-corrected chi connectivity index (χ1v) is 4.10. The zero-order valence-electron chi connectivity index (χ0n) is 7.47. The molecule has 1 rings (SSSR count). The van der Waals surface area contributed by atoms with E-state index in [9.17, 15) is 4.39 Å². The lowest BCUT2D eigenvalue weighted by Gasteiger charge is -2.06. The highest BCUT2D eigenvalue weighted by Gasteiger charge is 2.03. The Morgan fingerprint density at radius 3 is 2.67 bits per heavy atom. The minimum Gasteiger partial charge on any atom is -0.328 e. The van der Waals surface area contributed by atoms with Crippen molar-refractivity contribution in [3.63, 3.8) is 0 Å². The maximum absolute atomic E-state index is 13.2. The Morgan fingerprint density at radius 2 is 2.17 bits per heavy atom. The van der Waals surface area contributed by atoms with Crippen LogP contribution in [0.2, 0.25) is 0 Å². The Labute approximate surface area is 72.4 Å². The average Bonchev–Trinajstić information content (AvgIpc) is 1.94. The van der Waals surface area contributed by atoms with E-state index in [1.807, 2.05) is 19.9 Å². The summed E-state index contributed by atoms with van der Waals surface area (Å²) in [5.74, 6) is -0.146. The molecule has 1 aromatic carbocycles. The molecular weight excluding hydrogens is 153 g/mol. The molecule has 12 heavy (non-hydrogen) atoms. The highest BCUT2D eigenvalue weighted by Crippen LogP contribution is 2.11. The molecule has 0 aliphatic carbocycles. The Morgan fingerprint density at radius 1 is 1.50 bits per heavy atom. The molecule has 66 valence electrons. The largest absolute Gasteiger partial charge is 0.328 e. The molecule has 0 aromatic heterocycles. The lowest BCUT2D eigenvalue weighted by Crippen LogP contribution is -2.18. The van der Waals surface area contributed by atoms with Crippen molar-refractivity contribution in [2.24, 2.45) is 5.73 Å². The molecule has 0 saturated heterocycles. The molecule has 0 amide bonds. The molecule has 2 heteroatoms. The second kappa shape index (κ2) is 3.68. The summed E-state index contributed by atoms with van der Waals surface area (Å²) in [7, 11) is 0. The minimum absolute atomic E-state index is 0.0159. The quantitative estimate of drug-likeness (QED) is 0.716. The number of aryl methyl sites for hydroxylation is 1. The Bertz CT molecular complexity index is 269. The standard InChI is InChI=1S/C10H14FN/c1-7-3-4-9(6-8(2)12)10(11)5-7/h3-5,8H,6,12H2,1-2H3/t8-/m0/s1. The molecular formula is C10H14FN. The van der Waals surface area contributed by atoms with Gasteiger partial charge in [0.2, 0.25) is 0 Å². The van der Waals surface area contributed by atoms with E-state index in [0.717, 1.165) is 5.56 Å². The smallest absolute Gasteiger partial charge is 0.126 e. The summed E-state index contributed by atoms with van der Waals surface area (Å²) in [6.45, 7) is 3.75. The number of hydrogen-bond donors (Lipinski definition) is 1. The molecule has 0 saturated carbocycles. The van der Waals surface area contributed by atoms with Crippen LogP contribution in [-0.4, -0.2) is 6.04 Å². The lowest BCUT2D eigenvalue weighted by atomic mass is 10.1. The van der Waals surface area contributed by atoms with Crippen LogP contribution in [0.4, 0.5) is 4.39 Å². The molecule has 1 nitrogen and oxygen atoms in total. The van der Waals surface area contributed by atoms with Crippen molar-refractivity contribution < 1.29 is 4.39 Å². The Kier molecular flexibility index (Phi) is 2.82. The summed E-state index contributed by atoms with van der Waals surface area (Å²) in [6.07, 6.45) is 0.603. The van der Waals surface area contributed by atoms with Crippen LogP contribution in [0, 0.1) is 12.7 Å². The van der Waals surface area contributed by atoms with E-state index >= 15 is 0 Å². The molecule has 2 N–H and O–H groups in total. The van der Waals surface area contributed by atoms with E-state index < -0.39 is 0 Å². The monoisotopic (exact) mass is 167 g/mol. The van der Waals surface area contributed by atoms with Crippen LogP contribution in [0.25, 0.3) is 0 Å². The van der Waals surface area contributed by atoms with Crippen LogP contribution in [0.1, 0.15) is 18.1 Å². The van der Waals surface area contributed by atoms with Crippen molar-refractivity contribution in [3.05, 3.63) is 35.1 Å². The molecule has 0 bridgehead atoms. The van der Waals surface area contributed by atoms with Crippen molar-refractivity contribution in [1.82, 2.24) is 0 Å². The van der Waals surface area contributed by atoms with E-state index in [4.69, 9.17) is 5.73 Å². The van der Waals surface area contributed by atoms with Gasteiger partial charge in [-0.2, -0.15) is 0 Å². The molecule has 0 unspecified atom stereocenters. The molecule has 0 radical (unpaired) electrons. The molecule has 0 heterocycles. The van der Waals surface area contributed by atoms with Gasteiger partial charge in [-0.25, -0.2) is 4.39 Å². The van der Waals surface area contributed by atoms with Crippen LogP contribution < -0.4 is 5.73 Å². The van der Waals surface area contributed by atoms with E-state index in [2.05, 4.69) is 0 Å². The van der Waals surface area contributed by atoms with Crippen LogP contribution in [0.3, 0.4) is 0 Å². The SMILES string of the molecule is Cc1ccc(C[C@H](C)N)c(F)c1. The summed E-state index contributed by atoms with van der Waals surface area (Å²) in [4.78, 5) is 0. The van der Waals surface area contributed by atoms with Crippen LogP contribution in [-0.2, 0) is 6.42 Å². The highest BCUT2D eigenvalue weighted by molar-refractivity contribution is 5.23. The van der Waals surface area contributed by atoms with E-state index in [1.165, 1.54) is 6.07 Å². The van der Waals surface area contributed by atoms with Crippen molar-refractivity contribution in [1.29, 1.82) is 0 Å². The molecule has 0 aliphatic rings. The van der Waals surface area contributed by atoms with Crippen LogP contribution in [0.5, 0.6) is 0 Å². The summed E-state index contributed by atoms with van der Waals surface area (Å²) >= 11 is 0. The predicted octanol–water partition coefficient (Wildman–Crippen LogP) is 2.02. The lowest BCUT2D eigenvalue weighted by molar-refractivity contribution is 0.595. The summed E-state index contributed by atoms with van der Waals surface area (Å²) in [6, 6.07) is 5.26. The van der Waals surface area contributed by atoms with Gasteiger partial charge in [0.15, 0.2) is 0 Å². The third kappa shape index (κ3) is 2.31. The van der Waals surface area contributed by atoms with E-state index in [1.54, 1.807) is 6.07 Å². The minimum atomic E-state index is -0.146. The van der Waals surface area contributed by atoms with Gasteiger partial charge in [0.05, 0.1) is 0 Å². The first-order chi connectivity index (χ1) is 5.59. The number of benzene rings is 1. The van der Waals surface area contributed by atoms with Gasteiger partial charge in [-0.1, -0.05) is 12.1 Å². The van der Waals surface area contributed by atoms with Gasteiger partial charge in [-0.3, -0.25) is 0 Å². The third-order valence-electron chi connectivity index (χ3n) is 1.75. The number of rotatable bonds is 2. The van der Waals surface area contributed by atoms with Gasteiger partial charge in [0.25, 0.3) is 0 Å². The number of nitrogens with two attached hydrogens (primary N) is 1. The second-order valence-corrected chi connectivity index (χ2v) is 3.28. The van der Waals surface area contributed by atoms with Gasteiger partial charge >= 0.3 is 0 Å². The maximum Gasteiger partial charge on any atom is 0.126 e. The van der Waals surface area contributed by atoms with Crippen molar-refractivity contribution in [3.8, 4) is 0 Å². The topological polar surface area (TPSA) is 26.0 Å². The van der Waals surface area contributed by atoms with E-state index in [0.29, 0.717) is 12.0 Å². The predicted molar refractivity (Wildman–Crippen MR) is 48.5 cm³/mol. The Balaban J connectivity index is 2.86. The fourth-order valence-corrected chi connectivity index (χ4v) is 1.16. The third-order valence-corrected chi connectivity index (χ3v) is 1.75. The van der Waals surface area contributed by atoms with Gasteiger partial charge < -0.3 is 5.73 Å². The maximum atomic E-state index is 13.2. The van der Waals surface area contributed by atoms with Gasteiger partial charge in [-0.05, 0) is 37.5 Å². The van der Waals surface area contributed by atoms with Gasteiger partial charge in [0, 0.05) is 6.04 Å². The first kappa shape index (κ1) is 9.20. The molecule has 1 atom stereocenters. The average molecular weight is 167 g/mol. The zero-order valence-corrected chi connectivity index (χ0v) is 7.47. The molecule has 1 aromatic rings. The van der Waals surface area contributed by atoms with Crippen molar-refractivity contribution >= 4 is 0 Å². The molecule has 0 spiro atoms. The van der Waals surface area contributed by atoms with Gasteiger partial charge in [0.1, 0.15) is 5.82 Å². The summed E-state index contributed by atoms with van der Waals surface area (Å²) in [5.41, 5.74) is 7.21. The van der Waals surface area contributed by atoms with Gasteiger partial charge in [-0.15, -0.1) is 0 Å². The molecule has 0 fully saturated rings. The van der Waals surface area contributed by atoms with E-state index in [-0.39, 0.29) is 11.9 Å². The van der Waals surface area contributed by atoms with Crippen molar-refractivity contribution in [2.45, 2.75) is 26.3 Å². The number of hydrogen-bond acceptors (Lipinski definition) is 1. The normalized spacial score (nSPS) is 13.0. The zero-order chi connectivity index (χ0) is 9.14. The van der Waals surface area contributed by atoms with Crippen molar-refractivity contribution in [2.75, 3.05) is 0 Å². The highest BCUT2D eigenvalue weighted by atomic mass is 19.1. The summed E-state index contributed by atoms with van der Waals surface area (Å²) < 4.78 is 13.2. The fourth-order valence-electron chi connectivity index (χ4n) is 1.16. The number of halogens is 1. The second-order valence-electron chi connectivity index (χ2n) is 3.28. The Hall–Kier alpha value is -0.890. The first-order valence-electron chi connectivity index (χ1n) is 4.10. The van der Waals surface area contributed by atoms with Crippen LogP contribution >= 0.6 is 0 Å². The van der Waals surface area contributed by atoms with Crippen LogP contribution in [0.15, 0.2) is 18.2 Å². The summed E-state index contributed by atoms with van der Waals surface area (Å²) in [5, 5.41) is 0.